The molecule has 10 heavy (non-hydrogen) atoms. The van der Waals surface area contributed by atoms with E-state index in [-0.39, 0.29) is 5.41 Å². The summed E-state index contributed by atoms with van der Waals surface area (Å²) in [6.45, 7) is 4.17. The van der Waals surface area contributed by atoms with Crippen molar-refractivity contribution >= 4 is 11.6 Å². The van der Waals surface area contributed by atoms with Crippen molar-refractivity contribution in [2.24, 2.45) is 16.3 Å². The molecule has 0 spiro atoms. The quantitative estimate of drug-likeness (QED) is 0.555. The smallest absolute Gasteiger partial charge is 0.267 e. The maximum absolute atomic E-state index is 10.6. The predicted octanol–water partition coefficient (Wildman–Crippen LogP) is -0.116. The first kappa shape index (κ1) is 7.05. The summed E-state index contributed by atoms with van der Waals surface area (Å²) in [7, 11) is 0. The van der Waals surface area contributed by atoms with Crippen molar-refractivity contribution in [2.45, 2.75) is 13.8 Å². The van der Waals surface area contributed by atoms with Crippen LogP contribution in [0.5, 0.6) is 0 Å². The van der Waals surface area contributed by atoms with E-state index in [9.17, 15) is 4.79 Å². The van der Waals surface area contributed by atoms with E-state index in [4.69, 9.17) is 10.6 Å². The number of amides is 1. The van der Waals surface area contributed by atoms with E-state index in [0.717, 1.165) is 0 Å². The molecule has 0 saturated heterocycles. The Kier molecular flexibility index (Phi) is 1.39. The van der Waals surface area contributed by atoms with Crippen molar-refractivity contribution in [2.75, 3.05) is 6.61 Å². The highest BCUT2D eigenvalue weighted by atomic mass is 16.6. The summed E-state index contributed by atoms with van der Waals surface area (Å²) in [4.78, 5) is 15.3. The minimum atomic E-state index is -0.498. The highest BCUT2D eigenvalue weighted by Crippen LogP contribution is 2.23. The van der Waals surface area contributed by atoms with Crippen molar-refractivity contribution in [1.82, 2.24) is 0 Å². The number of carbonyl (C=O) groups is 1. The van der Waals surface area contributed by atoms with Gasteiger partial charge in [0.1, 0.15) is 6.61 Å². The molecule has 0 fully saturated rings. The van der Waals surface area contributed by atoms with Crippen LogP contribution in [0.1, 0.15) is 13.8 Å². The number of hydrogen-bond donors (Lipinski definition) is 1. The Hall–Kier alpha value is -1.06. The summed E-state index contributed by atoms with van der Waals surface area (Å²) in [6.07, 6.45) is 0. The molecule has 4 nitrogen and oxygen atoms in total. The van der Waals surface area contributed by atoms with Crippen LogP contribution in [0.15, 0.2) is 5.16 Å². The second-order valence-corrected chi connectivity index (χ2v) is 2.96. The van der Waals surface area contributed by atoms with E-state index < -0.39 is 5.91 Å². The number of nitrogens with two attached hydrogens (primary N) is 1. The summed E-state index contributed by atoms with van der Waals surface area (Å²) in [6, 6.07) is 0. The van der Waals surface area contributed by atoms with E-state index in [0.29, 0.717) is 12.3 Å². The van der Waals surface area contributed by atoms with Gasteiger partial charge < -0.3 is 10.6 Å². The van der Waals surface area contributed by atoms with Crippen LogP contribution in [0, 0.1) is 5.41 Å². The Morgan fingerprint density at radius 2 is 2.40 bits per heavy atom. The van der Waals surface area contributed by atoms with Gasteiger partial charge in [0.15, 0.2) is 5.71 Å². The average Bonchev–Trinajstić information content (AvgIpc) is 2.08. The zero-order valence-corrected chi connectivity index (χ0v) is 6.05. The van der Waals surface area contributed by atoms with E-state index in [1.54, 1.807) is 0 Å². The van der Waals surface area contributed by atoms with Gasteiger partial charge in [-0.3, -0.25) is 4.79 Å². The summed E-state index contributed by atoms with van der Waals surface area (Å²) in [5.74, 6) is -0.498. The topological polar surface area (TPSA) is 64.7 Å². The molecule has 1 aliphatic heterocycles. The maximum atomic E-state index is 10.6. The van der Waals surface area contributed by atoms with E-state index in [2.05, 4.69) is 5.16 Å². The van der Waals surface area contributed by atoms with E-state index in [1.165, 1.54) is 0 Å². The van der Waals surface area contributed by atoms with Crippen LogP contribution in [0.25, 0.3) is 0 Å². The molecule has 1 heterocycles. The second kappa shape index (κ2) is 1.97. The predicted molar refractivity (Wildman–Crippen MR) is 36.4 cm³/mol. The van der Waals surface area contributed by atoms with Gasteiger partial charge in [0.05, 0.1) is 5.41 Å². The fourth-order valence-corrected chi connectivity index (χ4v) is 0.829. The fraction of sp³-hybridized carbons (Fsp3) is 0.667. The van der Waals surface area contributed by atoms with Gasteiger partial charge >= 0.3 is 0 Å². The number of carbonyl (C=O) groups excluding carboxylic acids is 1. The molecule has 2 N–H and O–H groups in total. The third-order valence-electron chi connectivity index (χ3n) is 1.46. The lowest BCUT2D eigenvalue weighted by atomic mass is 9.89. The molecule has 4 heteroatoms. The van der Waals surface area contributed by atoms with Crippen LogP contribution in [-0.2, 0) is 9.63 Å². The monoisotopic (exact) mass is 142 g/mol. The molecule has 0 aliphatic carbocycles. The molecular formula is C6H10N2O2. The Labute approximate surface area is 59.0 Å². The molecule has 0 atom stereocenters. The van der Waals surface area contributed by atoms with Crippen LogP contribution in [0.4, 0.5) is 0 Å². The summed E-state index contributed by atoms with van der Waals surface area (Å²) in [5, 5.41) is 3.53. The van der Waals surface area contributed by atoms with E-state index in [1.807, 2.05) is 13.8 Å². The molecule has 0 radical (unpaired) electrons. The van der Waals surface area contributed by atoms with Crippen LogP contribution >= 0.6 is 0 Å². The van der Waals surface area contributed by atoms with Gasteiger partial charge in [-0.2, -0.15) is 0 Å². The van der Waals surface area contributed by atoms with Gasteiger partial charge in [-0.1, -0.05) is 19.0 Å². The Morgan fingerprint density at radius 1 is 1.80 bits per heavy atom. The lowest BCUT2D eigenvalue weighted by Gasteiger charge is -2.12. The summed E-state index contributed by atoms with van der Waals surface area (Å²) < 4.78 is 0. The van der Waals surface area contributed by atoms with Crippen LogP contribution < -0.4 is 5.73 Å². The minimum absolute atomic E-state index is 0.314. The van der Waals surface area contributed by atoms with Crippen molar-refractivity contribution in [3.05, 3.63) is 0 Å². The van der Waals surface area contributed by atoms with Crippen LogP contribution in [0.3, 0.4) is 0 Å². The number of nitrogens with zero attached hydrogens (tertiary/aromatic N) is 1. The highest BCUT2D eigenvalue weighted by Gasteiger charge is 2.35. The van der Waals surface area contributed by atoms with Gasteiger partial charge in [0.25, 0.3) is 5.91 Å². The van der Waals surface area contributed by atoms with Crippen LogP contribution in [-0.4, -0.2) is 18.2 Å². The maximum Gasteiger partial charge on any atom is 0.267 e. The molecule has 1 aliphatic rings. The standard InChI is InChI=1S/C6H10N2O2/c1-6(2)3-10-8-4(6)5(7)9/h3H2,1-2H3,(H2,7,9). The molecule has 56 valence electrons. The first-order chi connectivity index (χ1) is 4.54. The Balaban J connectivity index is 2.85. The van der Waals surface area contributed by atoms with Crippen molar-refractivity contribution in [3.63, 3.8) is 0 Å². The van der Waals surface area contributed by atoms with Gasteiger partial charge in [-0.25, -0.2) is 0 Å². The Bertz CT molecular complexity index is 196. The zero-order chi connectivity index (χ0) is 7.78. The summed E-state index contributed by atoms with van der Waals surface area (Å²) in [5.41, 5.74) is 5.04. The van der Waals surface area contributed by atoms with Gasteiger partial charge in [0.2, 0.25) is 0 Å². The first-order valence-electron chi connectivity index (χ1n) is 3.04. The molecule has 0 aromatic heterocycles. The highest BCUT2D eigenvalue weighted by molar-refractivity contribution is 6.40. The van der Waals surface area contributed by atoms with Crippen molar-refractivity contribution in [3.8, 4) is 0 Å². The van der Waals surface area contributed by atoms with Crippen LogP contribution in [0.2, 0.25) is 0 Å². The molecule has 0 bridgehead atoms. The normalized spacial score (nSPS) is 21.6. The van der Waals surface area contributed by atoms with Gasteiger partial charge in [-0.05, 0) is 0 Å². The lowest BCUT2D eigenvalue weighted by Crippen LogP contribution is -2.34. The summed E-state index contributed by atoms with van der Waals surface area (Å²) >= 11 is 0. The molecule has 0 aromatic rings. The van der Waals surface area contributed by atoms with Crippen molar-refractivity contribution < 1.29 is 9.63 Å². The molecule has 0 saturated carbocycles. The Morgan fingerprint density at radius 3 is 2.60 bits per heavy atom. The second-order valence-electron chi connectivity index (χ2n) is 2.96. The number of rotatable bonds is 1. The molecular weight excluding hydrogens is 132 g/mol. The molecule has 0 unspecified atom stereocenters. The van der Waals surface area contributed by atoms with E-state index >= 15 is 0 Å². The number of hydrogen-bond acceptors (Lipinski definition) is 3. The molecule has 1 amide bonds. The first-order valence-corrected chi connectivity index (χ1v) is 3.04. The van der Waals surface area contributed by atoms with Gasteiger partial charge in [0, 0.05) is 0 Å². The largest absolute Gasteiger partial charge is 0.394 e. The van der Waals surface area contributed by atoms with Crippen molar-refractivity contribution in [1.29, 1.82) is 0 Å². The minimum Gasteiger partial charge on any atom is -0.394 e. The number of oxime groups is 1. The SMILES string of the molecule is CC1(C)CON=C1C(N)=O. The van der Waals surface area contributed by atoms with Gasteiger partial charge in [-0.15, -0.1) is 0 Å². The molecule has 1 rings (SSSR count). The third kappa shape index (κ3) is 0.964. The third-order valence-corrected chi connectivity index (χ3v) is 1.46. The molecule has 0 aromatic carbocycles. The fourth-order valence-electron chi connectivity index (χ4n) is 0.829. The lowest BCUT2D eigenvalue weighted by molar-refractivity contribution is -0.112. The zero-order valence-electron chi connectivity index (χ0n) is 6.05. The number of primary amides is 1. The average molecular weight is 142 g/mol.